The van der Waals surface area contributed by atoms with Crippen molar-refractivity contribution in [1.82, 2.24) is 4.98 Å². The Balaban J connectivity index is 2.07. The van der Waals surface area contributed by atoms with Gasteiger partial charge in [-0.25, -0.2) is 4.98 Å². The van der Waals surface area contributed by atoms with E-state index in [0.29, 0.717) is 6.54 Å². The number of hydrogen-bond donors (Lipinski definition) is 2. The Morgan fingerprint density at radius 2 is 1.90 bits per heavy atom. The van der Waals surface area contributed by atoms with Crippen LogP contribution in [-0.4, -0.2) is 11.5 Å². The van der Waals surface area contributed by atoms with E-state index in [-0.39, 0.29) is 17.1 Å². The van der Waals surface area contributed by atoms with Crippen molar-refractivity contribution in [3.63, 3.8) is 0 Å². The van der Waals surface area contributed by atoms with Crippen molar-refractivity contribution in [2.75, 3.05) is 17.6 Å². The smallest absolute Gasteiger partial charge is 0.384 e. The summed E-state index contributed by atoms with van der Waals surface area (Å²) in [6.07, 6.45) is 1.38. The number of nitrogens with two attached hydrogens (primary N) is 1. The lowest BCUT2D eigenvalue weighted by Gasteiger charge is -2.33. The van der Waals surface area contributed by atoms with Gasteiger partial charge in [0.2, 0.25) is 0 Å². The monoisotopic (exact) mass is 287 g/mol. The van der Waals surface area contributed by atoms with Crippen LogP contribution in [0.1, 0.15) is 44.6 Å². The first-order valence-corrected chi connectivity index (χ1v) is 6.87. The molecule has 6 heteroatoms. The lowest BCUT2D eigenvalue weighted by molar-refractivity contribution is -0.137. The lowest BCUT2D eigenvalue weighted by Crippen LogP contribution is -2.29. The molecular formula is C14H20F3N3. The van der Waals surface area contributed by atoms with Gasteiger partial charge in [0.05, 0.1) is 5.56 Å². The molecule has 112 valence electrons. The van der Waals surface area contributed by atoms with Crippen LogP contribution >= 0.6 is 0 Å². The van der Waals surface area contributed by atoms with Crippen LogP contribution in [0.2, 0.25) is 0 Å². The molecule has 1 heterocycles. The Kier molecular flexibility index (Phi) is 4.11. The molecule has 2 rings (SSSR count). The molecule has 3 nitrogen and oxygen atoms in total. The summed E-state index contributed by atoms with van der Waals surface area (Å²) < 4.78 is 38.1. The second kappa shape index (κ2) is 5.50. The summed E-state index contributed by atoms with van der Waals surface area (Å²) in [5.74, 6) is 0.0836. The van der Waals surface area contributed by atoms with E-state index in [1.54, 1.807) is 0 Å². The van der Waals surface area contributed by atoms with Crippen LogP contribution in [-0.2, 0) is 6.18 Å². The highest BCUT2D eigenvalue weighted by molar-refractivity contribution is 5.47. The molecular weight excluding hydrogens is 267 g/mol. The zero-order chi connectivity index (χ0) is 14.8. The molecule has 1 aromatic heterocycles. The number of rotatable bonds is 3. The number of hydrogen-bond acceptors (Lipinski definition) is 3. The van der Waals surface area contributed by atoms with Crippen LogP contribution in [0.25, 0.3) is 0 Å². The number of halogens is 3. The van der Waals surface area contributed by atoms with Gasteiger partial charge in [-0.1, -0.05) is 26.2 Å². The average molecular weight is 287 g/mol. The van der Waals surface area contributed by atoms with Crippen LogP contribution in [0.4, 0.5) is 24.8 Å². The molecule has 20 heavy (non-hydrogen) atoms. The highest BCUT2D eigenvalue weighted by Gasteiger charge is 2.32. The molecule has 0 radical (unpaired) electrons. The summed E-state index contributed by atoms with van der Waals surface area (Å²) in [4.78, 5) is 3.93. The molecule has 1 aromatic rings. The minimum absolute atomic E-state index is 0.115. The van der Waals surface area contributed by atoms with Crippen molar-refractivity contribution in [2.45, 2.75) is 45.2 Å². The van der Waals surface area contributed by atoms with Crippen molar-refractivity contribution < 1.29 is 13.2 Å². The van der Waals surface area contributed by atoms with Crippen LogP contribution in [0.15, 0.2) is 12.1 Å². The van der Waals surface area contributed by atoms with E-state index in [1.807, 2.05) is 0 Å². The molecule has 0 aliphatic heterocycles. The van der Waals surface area contributed by atoms with Gasteiger partial charge in [0.15, 0.2) is 0 Å². The Morgan fingerprint density at radius 3 is 2.50 bits per heavy atom. The van der Waals surface area contributed by atoms with Gasteiger partial charge in [-0.15, -0.1) is 0 Å². The Morgan fingerprint density at radius 1 is 1.25 bits per heavy atom. The van der Waals surface area contributed by atoms with Crippen molar-refractivity contribution in [3.05, 3.63) is 17.7 Å². The summed E-state index contributed by atoms with van der Waals surface area (Å²) in [5.41, 5.74) is 4.81. The average Bonchev–Trinajstić information content (AvgIpc) is 2.36. The maximum Gasteiger partial charge on any atom is 0.416 e. The van der Waals surface area contributed by atoms with E-state index >= 15 is 0 Å². The van der Waals surface area contributed by atoms with E-state index in [2.05, 4.69) is 17.2 Å². The molecule has 0 aromatic carbocycles. The van der Waals surface area contributed by atoms with Crippen molar-refractivity contribution >= 4 is 11.6 Å². The maximum atomic E-state index is 12.7. The molecule has 0 bridgehead atoms. The number of anilines is 2. The summed E-state index contributed by atoms with van der Waals surface area (Å²) in [6.45, 7) is 2.79. The molecule has 0 unspecified atom stereocenters. The van der Waals surface area contributed by atoms with Gasteiger partial charge < -0.3 is 11.1 Å². The van der Waals surface area contributed by atoms with Gasteiger partial charge in [0, 0.05) is 6.54 Å². The SMILES string of the molecule is CC1(CNc2cc(C(F)(F)F)cc(N)n2)CCCCC1. The maximum absolute atomic E-state index is 12.7. The van der Waals surface area contributed by atoms with E-state index in [1.165, 1.54) is 19.3 Å². The Hall–Kier alpha value is -1.46. The number of nitrogen functional groups attached to an aromatic ring is 1. The van der Waals surface area contributed by atoms with Gasteiger partial charge >= 0.3 is 6.18 Å². The predicted octanol–water partition coefficient (Wildman–Crippen LogP) is 4.06. The molecule has 1 saturated carbocycles. The third-order valence-corrected chi connectivity index (χ3v) is 3.93. The Bertz CT molecular complexity index is 465. The predicted molar refractivity (Wildman–Crippen MR) is 73.3 cm³/mol. The van der Waals surface area contributed by atoms with Gasteiger partial charge in [0.1, 0.15) is 11.6 Å². The first-order chi connectivity index (χ1) is 9.28. The fraction of sp³-hybridized carbons (Fsp3) is 0.643. The third-order valence-electron chi connectivity index (χ3n) is 3.93. The van der Waals surface area contributed by atoms with E-state index in [4.69, 9.17) is 5.73 Å². The van der Waals surface area contributed by atoms with Crippen molar-refractivity contribution in [3.8, 4) is 0 Å². The summed E-state index contributed by atoms with van der Waals surface area (Å²) in [5, 5.41) is 3.02. The number of alkyl halides is 3. The Labute approximate surface area is 116 Å². The summed E-state index contributed by atoms with van der Waals surface area (Å²) in [7, 11) is 0. The summed E-state index contributed by atoms with van der Waals surface area (Å²) >= 11 is 0. The highest BCUT2D eigenvalue weighted by atomic mass is 19.4. The van der Waals surface area contributed by atoms with Gasteiger partial charge in [-0.2, -0.15) is 13.2 Å². The highest BCUT2D eigenvalue weighted by Crippen LogP contribution is 2.36. The molecule has 1 fully saturated rings. The molecule has 0 saturated heterocycles. The first-order valence-electron chi connectivity index (χ1n) is 6.87. The van der Waals surface area contributed by atoms with E-state index < -0.39 is 11.7 Å². The zero-order valence-electron chi connectivity index (χ0n) is 11.6. The molecule has 1 aliphatic carbocycles. The quantitative estimate of drug-likeness (QED) is 0.881. The third kappa shape index (κ3) is 3.77. The normalized spacial score (nSPS) is 18.8. The minimum Gasteiger partial charge on any atom is -0.384 e. The van der Waals surface area contributed by atoms with Crippen LogP contribution < -0.4 is 11.1 Å². The second-order valence-electron chi connectivity index (χ2n) is 5.89. The van der Waals surface area contributed by atoms with E-state index in [0.717, 1.165) is 25.0 Å². The molecule has 1 aliphatic rings. The van der Waals surface area contributed by atoms with Gasteiger partial charge in [-0.3, -0.25) is 0 Å². The van der Waals surface area contributed by atoms with E-state index in [9.17, 15) is 13.2 Å². The van der Waals surface area contributed by atoms with Crippen molar-refractivity contribution in [2.24, 2.45) is 5.41 Å². The number of nitrogens with zero attached hydrogens (tertiary/aromatic N) is 1. The van der Waals surface area contributed by atoms with Gasteiger partial charge in [-0.05, 0) is 30.4 Å². The fourth-order valence-corrected chi connectivity index (χ4v) is 2.69. The van der Waals surface area contributed by atoms with Gasteiger partial charge in [0.25, 0.3) is 0 Å². The summed E-state index contributed by atoms with van der Waals surface area (Å²) in [6, 6.07) is 1.87. The minimum atomic E-state index is -4.40. The molecule has 0 atom stereocenters. The standard InChI is InChI=1S/C14H20F3N3/c1-13(5-3-2-4-6-13)9-19-12-8-10(14(15,16)17)7-11(18)20-12/h7-8H,2-6,9H2,1H3,(H3,18,19,20). The number of pyridine rings is 1. The lowest BCUT2D eigenvalue weighted by atomic mass is 9.76. The molecule has 0 amide bonds. The molecule has 0 spiro atoms. The first kappa shape index (κ1) is 14.9. The zero-order valence-corrected chi connectivity index (χ0v) is 11.6. The number of aromatic nitrogens is 1. The topological polar surface area (TPSA) is 50.9 Å². The van der Waals surface area contributed by atoms with Crippen LogP contribution in [0.5, 0.6) is 0 Å². The number of nitrogens with one attached hydrogen (secondary N) is 1. The van der Waals surface area contributed by atoms with Crippen LogP contribution in [0.3, 0.4) is 0 Å². The van der Waals surface area contributed by atoms with Crippen LogP contribution in [0, 0.1) is 5.41 Å². The second-order valence-corrected chi connectivity index (χ2v) is 5.89. The largest absolute Gasteiger partial charge is 0.416 e. The molecule has 3 N–H and O–H groups in total. The fourth-order valence-electron chi connectivity index (χ4n) is 2.69. The van der Waals surface area contributed by atoms with Crippen molar-refractivity contribution in [1.29, 1.82) is 0 Å².